The standard InChI is InChI=1S/C35H45N5O5/c1-34(2,3)44-32(42)39-19-7-9-28(39)30-36-22-27(38-30)26-17-15-25(16-18-26)24-13-11-23(12-14-24)21-37-31(41)29-10-8-20-40(29)33(43)45-35(4,5)6/h11-18,22,28-29H,7-10,19-21H2,1-6H3,(H,36,38)(H,37,41)/t28-,29-/m0/s1. The molecule has 0 spiro atoms. The summed E-state index contributed by atoms with van der Waals surface area (Å²) in [4.78, 5) is 49.5. The SMILES string of the molecule is CC(C)(C)OC(=O)N1CCC[C@H]1C(=O)NCc1ccc(-c2ccc(-c3cnc([C@@H]4CCCN4C(=O)OC(C)(C)C)[nH]3)cc2)cc1. The van der Waals surface area contributed by atoms with Crippen LogP contribution in [-0.2, 0) is 20.8 Å². The Morgan fingerprint density at radius 3 is 1.96 bits per heavy atom. The summed E-state index contributed by atoms with van der Waals surface area (Å²) in [6.07, 6.45) is 4.23. The Bertz CT molecular complexity index is 1500. The van der Waals surface area contributed by atoms with Gasteiger partial charge in [0.05, 0.1) is 17.9 Å². The minimum Gasteiger partial charge on any atom is -0.444 e. The van der Waals surface area contributed by atoms with Gasteiger partial charge in [0.25, 0.3) is 0 Å². The second-order valence-electron chi connectivity index (χ2n) is 13.8. The number of rotatable bonds is 6. The summed E-state index contributed by atoms with van der Waals surface area (Å²) in [5.41, 5.74) is 3.86. The van der Waals surface area contributed by atoms with Gasteiger partial charge in [-0.25, -0.2) is 14.6 Å². The van der Waals surface area contributed by atoms with Crippen molar-refractivity contribution in [2.45, 2.75) is 97.1 Å². The quantitative estimate of drug-likeness (QED) is 0.314. The molecule has 0 aliphatic carbocycles. The number of hydrogen-bond donors (Lipinski definition) is 2. The monoisotopic (exact) mass is 615 g/mol. The van der Waals surface area contributed by atoms with E-state index in [-0.39, 0.29) is 18.0 Å². The molecule has 1 aromatic heterocycles. The molecule has 2 saturated heterocycles. The lowest BCUT2D eigenvalue weighted by molar-refractivity contribution is -0.125. The van der Waals surface area contributed by atoms with Gasteiger partial charge in [0.15, 0.2) is 0 Å². The van der Waals surface area contributed by atoms with Gasteiger partial charge in [-0.2, -0.15) is 0 Å². The third-order valence-electron chi connectivity index (χ3n) is 7.93. The first-order chi connectivity index (χ1) is 21.3. The van der Waals surface area contributed by atoms with Crippen LogP contribution in [0.1, 0.15) is 84.7 Å². The van der Waals surface area contributed by atoms with Gasteiger partial charge < -0.3 is 19.8 Å². The molecule has 10 heteroatoms. The van der Waals surface area contributed by atoms with Crippen LogP contribution in [0.4, 0.5) is 9.59 Å². The number of carbonyl (C=O) groups excluding carboxylic acids is 3. The molecule has 0 saturated carbocycles. The van der Waals surface area contributed by atoms with Crippen molar-refractivity contribution < 1.29 is 23.9 Å². The molecule has 2 aromatic carbocycles. The highest BCUT2D eigenvalue weighted by atomic mass is 16.6. The van der Waals surface area contributed by atoms with Gasteiger partial charge in [-0.1, -0.05) is 48.5 Å². The molecule has 10 nitrogen and oxygen atoms in total. The minimum atomic E-state index is -0.604. The zero-order valence-corrected chi connectivity index (χ0v) is 27.2. The Kier molecular flexibility index (Phi) is 9.23. The van der Waals surface area contributed by atoms with Crippen LogP contribution < -0.4 is 5.32 Å². The highest BCUT2D eigenvalue weighted by molar-refractivity contribution is 5.86. The first-order valence-corrected chi connectivity index (χ1v) is 15.8. The summed E-state index contributed by atoms with van der Waals surface area (Å²) in [7, 11) is 0. The zero-order chi connectivity index (χ0) is 32.4. The van der Waals surface area contributed by atoms with Gasteiger partial charge in [0.2, 0.25) is 5.91 Å². The van der Waals surface area contributed by atoms with Crippen LogP contribution >= 0.6 is 0 Å². The Morgan fingerprint density at radius 2 is 1.33 bits per heavy atom. The molecule has 3 aromatic rings. The molecule has 0 bridgehead atoms. The number of benzene rings is 2. The van der Waals surface area contributed by atoms with Crippen molar-refractivity contribution in [1.82, 2.24) is 25.1 Å². The van der Waals surface area contributed by atoms with Gasteiger partial charge in [0.1, 0.15) is 23.1 Å². The van der Waals surface area contributed by atoms with Gasteiger partial charge in [-0.05, 0) is 89.5 Å². The lowest BCUT2D eigenvalue weighted by atomic mass is 10.0. The second kappa shape index (κ2) is 12.9. The zero-order valence-electron chi connectivity index (χ0n) is 27.2. The molecular weight excluding hydrogens is 570 g/mol. The van der Waals surface area contributed by atoms with E-state index in [1.165, 1.54) is 4.90 Å². The molecule has 0 unspecified atom stereocenters. The van der Waals surface area contributed by atoms with E-state index in [2.05, 4.69) is 39.6 Å². The molecule has 2 aliphatic rings. The van der Waals surface area contributed by atoms with Crippen molar-refractivity contribution >= 4 is 18.1 Å². The molecule has 2 N–H and O–H groups in total. The number of hydrogen-bond acceptors (Lipinski definition) is 6. The van der Waals surface area contributed by atoms with Crippen molar-refractivity contribution in [2.24, 2.45) is 0 Å². The van der Waals surface area contributed by atoms with E-state index in [1.54, 1.807) is 4.90 Å². The van der Waals surface area contributed by atoms with Crippen LogP contribution in [0.2, 0.25) is 0 Å². The lowest BCUT2D eigenvalue weighted by Crippen LogP contribution is -2.47. The Labute approximate surface area is 265 Å². The van der Waals surface area contributed by atoms with Crippen LogP contribution in [0.5, 0.6) is 0 Å². The summed E-state index contributed by atoms with van der Waals surface area (Å²) in [6.45, 7) is 12.7. The molecule has 240 valence electrons. The largest absolute Gasteiger partial charge is 0.444 e. The first-order valence-electron chi connectivity index (χ1n) is 15.8. The Balaban J connectivity index is 1.17. The van der Waals surface area contributed by atoms with Crippen LogP contribution in [0.25, 0.3) is 22.4 Å². The third-order valence-corrected chi connectivity index (χ3v) is 7.93. The van der Waals surface area contributed by atoms with Crippen LogP contribution in [0.15, 0.2) is 54.7 Å². The van der Waals surface area contributed by atoms with E-state index < -0.39 is 23.3 Å². The highest BCUT2D eigenvalue weighted by Crippen LogP contribution is 2.33. The number of amides is 3. The summed E-state index contributed by atoms with van der Waals surface area (Å²) < 4.78 is 11.1. The predicted octanol–water partition coefficient (Wildman–Crippen LogP) is 6.83. The van der Waals surface area contributed by atoms with Crippen LogP contribution in [0, 0.1) is 0 Å². The molecule has 0 radical (unpaired) electrons. The topological polar surface area (TPSA) is 117 Å². The number of nitrogens with one attached hydrogen (secondary N) is 2. The number of nitrogens with zero attached hydrogens (tertiary/aromatic N) is 3. The molecular formula is C35H45N5O5. The number of likely N-dealkylation sites (tertiary alicyclic amines) is 2. The van der Waals surface area contributed by atoms with Gasteiger partial charge in [-0.15, -0.1) is 0 Å². The Hall–Kier alpha value is -4.34. The highest BCUT2D eigenvalue weighted by Gasteiger charge is 2.37. The van der Waals surface area contributed by atoms with Crippen molar-refractivity contribution in [3.05, 3.63) is 66.1 Å². The number of carbonyl (C=O) groups is 3. The van der Waals surface area contributed by atoms with E-state index >= 15 is 0 Å². The number of imidazole rings is 1. The van der Waals surface area contributed by atoms with Crippen molar-refractivity contribution in [3.63, 3.8) is 0 Å². The third kappa shape index (κ3) is 8.04. The molecule has 3 heterocycles. The van der Waals surface area contributed by atoms with Crippen molar-refractivity contribution in [2.75, 3.05) is 13.1 Å². The maximum absolute atomic E-state index is 12.9. The summed E-state index contributed by atoms with van der Waals surface area (Å²) in [6, 6.07) is 15.7. The fraction of sp³-hybridized carbons (Fsp3) is 0.486. The van der Waals surface area contributed by atoms with Gasteiger partial charge in [0, 0.05) is 19.6 Å². The molecule has 5 rings (SSSR count). The van der Waals surface area contributed by atoms with Gasteiger partial charge in [-0.3, -0.25) is 14.6 Å². The maximum Gasteiger partial charge on any atom is 0.410 e. The number of aromatic nitrogens is 2. The van der Waals surface area contributed by atoms with Gasteiger partial charge >= 0.3 is 12.2 Å². The van der Waals surface area contributed by atoms with E-state index in [0.29, 0.717) is 26.1 Å². The summed E-state index contributed by atoms with van der Waals surface area (Å²) in [5, 5.41) is 2.99. The van der Waals surface area contributed by atoms with E-state index in [9.17, 15) is 14.4 Å². The molecule has 2 atom stereocenters. The average Bonchev–Trinajstić information content (AvgIpc) is 3.75. The van der Waals surface area contributed by atoms with E-state index in [0.717, 1.165) is 53.0 Å². The second-order valence-corrected chi connectivity index (χ2v) is 13.8. The molecule has 2 fully saturated rings. The summed E-state index contributed by atoms with van der Waals surface area (Å²) in [5.74, 6) is 0.607. The Morgan fingerprint density at radius 1 is 0.800 bits per heavy atom. The van der Waals surface area contributed by atoms with E-state index in [1.807, 2.05) is 72.0 Å². The number of H-pyrrole nitrogens is 1. The number of ether oxygens (including phenoxy) is 2. The minimum absolute atomic E-state index is 0.127. The molecule has 2 aliphatic heterocycles. The van der Waals surface area contributed by atoms with Crippen LogP contribution in [-0.4, -0.2) is 68.2 Å². The fourth-order valence-corrected chi connectivity index (χ4v) is 5.79. The van der Waals surface area contributed by atoms with Crippen molar-refractivity contribution in [3.8, 4) is 22.4 Å². The van der Waals surface area contributed by atoms with Crippen molar-refractivity contribution in [1.29, 1.82) is 0 Å². The van der Waals surface area contributed by atoms with Crippen LogP contribution in [0.3, 0.4) is 0 Å². The normalized spacial score (nSPS) is 18.6. The first kappa shape index (κ1) is 32.1. The predicted molar refractivity (Wildman–Crippen MR) is 172 cm³/mol. The maximum atomic E-state index is 12.9. The molecule has 3 amide bonds. The van der Waals surface area contributed by atoms with E-state index in [4.69, 9.17) is 9.47 Å². The fourth-order valence-electron chi connectivity index (χ4n) is 5.79. The molecule has 45 heavy (non-hydrogen) atoms. The summed E-state index contributed by atoms with van der Waals surface area (Å²) >= 11 is 0. The lowest BCUT2D eigenvalue weighted by Gasteiger charge is -2.28. The number of aromatic amines is 1. The average molecular weight is 616 g/mol. The smallest absolute Gasteiger partial charge is 0.410 e.